The van der Waals surface area contributed by atoms with Crippen LogP contribution in [-0.2, 0) is 6.54 Å². The first kappa shape index (κ1) is 15.4. The molecule has 0 amide bonds. The van der Waals surface area contributed by atoms with Gasteiger partial charge in [-0.25, -0.2) is 4.98 Å². The molecule has 0 radical (unpaired) electrons. The first-order valence-electron chi connectivity index (χ1n) is 6.53. The first-order valence-corrected chi connectivity index (χ1v) is 7.35. The lowest BCUT2D eigenvalue weighted by Gasteiger charge is -2.21. The van der Waals surface area contributed by atoms with Crippen molar-refractivity contribution in [3.05, 3.63) is 11.1 Å². The molecule has 4 nitrogen and oxygen atoms in total. The maximum Gasteiger partial charge on any atom is 0.185 e. The Morgan fingerprint density at radius 1 is 1.39 bits per heavy atom. The second-order valence-corrected chi connectivity index (χ2v) is 6.30. The van der Waals surface area contributed by atoms with Crippen LogP contribution in [0.15, 0.2) is 6.20 Å². The van der Waals surface area contributed by atoms with Crippen molar-refractivity contribution >= 4 is 16.5 Å². The minimum absolute atomic E-state index is 0.0631. The summed E-state index contributed by atoms with van der Waals surface area (Å²) in [6.45, 7) is 12.2. The molecule has 0 saturated heterocycles. The lowest BCUT2D eigenvalue weighted by atomic mass is 9.95. The van der Waals surface area contributed by atoms with Crippen LogP contribution in [0, 0.1) is 5.41 Å². The molecule has 1 rings (SSSR count). The van der Waals surface area contributed by atoms with Crippen LogP contribution in [0.1, 0.15) is 32.6 Å². The Bertz CT molecular complexity index is 348. The molecule has 1 heterocycles. The number of aliphatic hydroxyl groups excluding tert-OH is 1. The van der Waals surface area contributed by atoms with E-state index in [-0.39, 0.29) is 12.0 Å². The highest BCUT2D eigenvalue weighted by Gasteiger charge is 2.15. The molecule has 104 valence electrons. The van der Waals surface area contributed by atoms with Crippen LogP contribution in [0.5, 0.6) is 0 Å². The van der Waals surface area contributed by atoms with Crippen molar-refractivity contribution < 1.29 is 5.11 Å². The van der Waals surface area contributed by atoms with Crippen LogP contribution >= 0.6 is 11.3 Å². The van der Waals surface area contributed by atoms with Gasteiger partial charge in [-0.15, -0.1) is 11.3 Å². The third kappa shape index (κ3) is 4.55. The second-order valence-electron chi connectivity index (χ2n) is 5.21. The highest BCUT2D eigenvalue weighted by molar-refractivity contribution is 7.15. The molecule has 0 aliphatic heterocycles. The van der Waals surface area contributed by atoms with E-state index in [0.29, 0.717) is 0 Å². The van der Waals surface area contributed by atoms with E-state index in [2.05, 4.69) is 29.0 Å². The number of nitrogens with one attached hydrogen (secondary N) is 1. The molecule has 0 unspecified atom stereocenters. The van der Waals surface area contributed by atoms with Gasteiger partial charge < -0.3 is 15.3 Å². The Balaban J connectivity index is 2.45. The van der Waals surface area contributed by atoms with Gasteiger partial charge >= 0.3 is 0 Å². The molecule has 5 heteroatoms. The predicted molar refractivity (Wildman–Crippen MR) is 78.2 cm³/mol. The minimum atomic E-state index is -0.0631. The van der Waals surface area contributed by atoms with E-state index in [1.807, 2.05) is 20.0 Å². The molecule has 0 aliphatic rings. The van der Waals surface area contributed by atoms with Crippen LogP contribution in [0.2, 0.25) is 0 Å². The first-order chi connectivity index (χ1) is 8.52. The molecule has 0 fully saturated rings. The van der Waals surface area contributed by atoms with Crippen molar-refractivity contribution in [3.8, 4) is 0 Å². The van der Waals surface area contributed by atoms with Crippen LogP contribution in [0.25, 0.3) is 0 Å². The largest absolute Gasteiger partial charge is 0.396 e. The fourth-order valence-electron chi connectivity index (χ4n) is 1.60. The third-order valence-corrected chi connectivity index (χ3v) is 3.96. The third-order valence-electron chi connectivity index (χ3n) is 2.91. The zero-order chi connectivity index (χ0) is 13.6. The maximum absolute atomic E-state index is 9.18. The number of hydrogen-bond donors (Lipinski definition) is 2. The van der Waals surface area contributed by atoms with Crippen LogP contribution in [0.4, 0.5) is 5.13 Å². The van der Waals surface area contributed by atoms with E-state index in [1.54, 1.807) is 11.3 Å². The molecule has 0 spiro atoms. The van der Waals surface area contributed by atoms with Crippen molar-refractivity contribution in [2.45, 2.75) is 34.2 Å². The van der Waals surface area contributed by atoms with E-state index in [1.165, 1.54) is 4.88 Å². The molecule has 0 bridgehead atoms. The Labute approximate surface area is 114 Å². The van der Waals surface area contributed by atoms with Gasteiger partial charge in [0.1, 0.15) is 0 Å². The van der Waals surface area contributed by atoms with E-state index in [0.717, 1.165) is 31.3 Å². The highest BCUT2D eigenvalue weighted by atomic mass is 32.1. The van der Waals surface area contributed by atoms with Gasteiger partial charge in [0.05, 0.1) is 0 Å². The smallest absolute Gasteiger partial charge is 0.185 e. The quantitative estimate of drug-likeness (QED) is 0.760. The van der Waals surface area contributed by atoms with Gasteiger partial charge in [-0.2, -0.15) is 0 Å². The maximum atomic E-state index is 9.18. The molecular weight excluding hydrogens is 246 g/mol. The normalized spacial score (nSPS) is 11.8. The Kier molecular flexibility index (Phi) is 6.05. The number of aliphatic hydroxyl groups is 1. The number of nitrogens with zero attached hydrogens (tertiary/aromatic N) is 2. The molecule has 0 aliphatic carbocycles. The van der Waals surface area contributed by atoms with E-state index >= 15 is 0 Å². The van der Waals surface area contributed by atoms with Gasteiger partial charge in [-0.3, -0.25) is 0 Å². The fraction of sp³-hybridized carbons (Fsp3) is 0.769. The van der Waals surface area contributed by atoms with Gasteiger partial charge in [0.2, 0.25) is 0 Å². The SMILES string of the molecule is CCN(CC)c1ncc(CNCC(C)(C)CO)s1. The lowest BCUT2D eigenvalue weighted by molar-refractivity contribution is 0.157. The molecule has 1 aromatic heterocycles. The zero-order valence-corrected chi connectivity index (χ0v) is 12.7. The van der Waals surface area contributed by atoms with Gasteiger partial charge in [0.25, 0.3) is 0 Å². The van der Waals surface area contributed by atoms with Crippen LogP contribution in [-0.4, -0.2) is 36.3 Å². The highest BCUT2D eigenvalue weighted by Crippen LogP contribution is 2.22. The van der Waals surface area contributed by atoms with Crippen molar-refractivity contribution in [3.63, 3.8) is 0 Å². The minimum Gasteiger partial charge on any atom is -0.396 e. The summed E-state index contributed by atoms with van der Waals surface area (Å²) < 4.78 is 0. The standard InChI is InChI=1S/C13H25N3OS/c1-5-16(6-2)12-15-8-11(18-12)7-14-9-13(3,4)10-17/h8,14,17H,5-7,9-10H2,1-4H3. The molecule has 0 atom stereocenters. The average Bonchev–Trinajstić information content (AvgIpc) is 2.79. The summed E-state index contributed by atoms with van der Waals surface area (Å²) in [7, 11) is 0. The molecule has 18 heavy (non-hydrogen) atoms. The van der Waals surface area contributed by atoms with Crippen LogP contribution < -0.4 is 10.2 Å². The van der Waals surface area contributed by atoms with E-state index < -0.39 is 0 Å². The van der Waals surface area contributed by atoms with Crippen LogP contribution in [0.3, 0.4) is 0 Å². The summed E-state index contributed by atoms with van der Waals surface area (Å²) in [4.78, 5) is 7.95. The zero-order valence-electron chi connectivity index (χ0n) is 11.9. The molecule has 0 aromatic carbocycles. The second kappa shape index (κ2) is 7.07. The number of rotatable bonds is 8. The topological polar surface area (TPSA) is 48.4 Å². The van der Waals surface area contributed by atoms with E-state index in [4.69, 9.17) is 0 Å². The number of aromatic nitrogens is 1. The number of hydrogen-bond acceptors (Lipinski definition) is 5. The molecule has 2 N–H and O–H groups in total. The summed E-state index contributed by atoms with van der Waals surface area (Å²) in [6, 6.07) is 0. The summed E-state index contributed by atoms with van der Waals surface area (Å²) in [6.07, 6.45) is 1.94. The Morgan fingerprint density at radius 2 is 2.06 bits per heavy atom. The molecular formula is C13H25N3OS. The Morgan fingerprint density at radius 3 is 2.61 bits per heavy atom. The summed E-state index contributed by atoms with van der Waals surface area (Å²) in [5, 5.41) is 13.6. The van der Waals surface area contributed by atoms with Crippen molar-refractivity contribution in [2.75, 3.05) is 31.1 Å². The van der Waals surface area contributed by atoms with Crippen molar-refractivity contribution in [2.24, 2.45) is 5.41 Å². The van der Waals surface area contributed by atoms with E-state index in [9.17, 15) is 5.11 Å². The summed E-state index contributed by atoms with van der Waals surface area (Å²) in [5.41, 5.74) is -0.0631. The average molecular weight is 271 g/mol. The van der Waals surface area contributed by atoms with Crippen molar-refractivity contribution in [1.29, 1.82) is 0 Å². The van der Waals surface area contributed by atoms with Gasteiger partial charge in [0, 0.05) is 49.3 Å². The molecule has 0 saturated carbocycles. The van der Waals surface area contributed by atoms with Gasteiger partial charge in [-0.1, -0.05) is 13.8 Å². The summed E-state index contributed by atoms with van der Waals surface area (Å²) >= 11 is 1.74. The van der Waals surface area contributed by atoms with Gasteiger partial charge in [0.15, 0.2) is 5.13 Å². The number of thiazole rings is 1. The predicted octanol–water partition coefficient (Wildman–Crippen LogP) is 2.10. The summed E-state index contributed by atoms with van der Waals surface area (Å²) in [5.74, 6) is 0. The Hall–Kier alpha value is -0.650. The monoisotopic (exact) mass is 271 g/mol. The fourth-order valence-corrected chi connectivity index (χ4v) is 2.61. The molecule has 1 aromatic rings. The van der Waals surface area contributed by atoms with Gasteiger partial charge in [-0.05, 0) is 13.8 Å². The number of anilines is 1. The van der Waals surface area contributed by atoms with Crippen molar-refractivity contribution in [1.82, 2.24) is 10.3 Å². The lowest BCUT2D eigenvalue weighted by Crippen LogP contribution is -2.31.